The predicted octanol–water partition coefficient (Wildman–Crippen LogP) is 3.36. The maximum atomic E-state index is 6.20. The average Bonchev–Trinajstić information content (AvgIpc) is 3.05. The number of nitrogens with one attached hydrogen (secondary N) is 1. The van der Waals surface area contributed by atoms with E-state index in [1.807, 2.05) is 0 Å². The number of anilines is 1. The fraction of sp³-hybridized carbons (Fsp3) is 0.429. The zero-order valence-electron chi connectivity index (χ0n) is 14.9. The molecule has 0 amide bonds. The van der Waals surface area contributed by atoms with Crippen LogP contribution < -0.4 is 10.4 Å². The lowest BCUT2D eigenvalue weighted by atomic mass is 10.0. The van der Waals surface area contributed by atoms with Crippen LogP contribution >= 0.6 is 0 Å². The molecule has 2 aromatic carbocycles. The van der Waals surface area contributed by atoms with Crippen LogP contribution in [0.4, 0.5) is 5.69 Å². The molecule has 2 atom stereocenters. The van der Waals surface area contributed by atoms with Gasteiger partial charge in [-0.3, -0.25) is 9.74 Å². The van der Waals surface area contributed by atoms with Gasteiger partial charge in [0.1, 0.15) is 6.17 Å². The minimum Gasteiger partial charge on any atom is -0.314 e. The van der Waals surface area contributed by atoms with Crippen molar-refractivity contribution in [1.82, 2.24) is 10.2 Å². The van der Waals surface area contributed by atoms with E-state index in [0.717, 1.165) is 39.1 Å². The molecule has 4 nitrogen and oxygen atoms in total. The summed E-state index contributed by atoms with van der Waals surface area (Å²) in [6.07, 6.45) is 2.30. The van der Waals surface area contributed by atoms with Gasteiger partial charge in [0.25, 0.3) is 0 Å². The van der Waals surface area contributed by atoms with E-state index in [-0.39, 0.29) is 6.17 Å². The number of hydrogen-bond donors (Lipinski definition) is 1. The third-order valence-corrected chi connectivity index (χ3v) is 5.19. The third kappa shape index (κ3) is 3.30. The van der Waals surface area contributed by atoms with Gasteiger partial charge in [0, 0.05) is 32.1 Å². The van der Waals surface area contributed by atoms with E-state index >= 15 is 0 Å². The molecule has 25 heavy (non-hydrogen) atoms. The van der Waals surface area contributed by atoms with Crippen molar-refractivity contribution >= 4 is 5.69 Å². The average molecular weight is 337 g/mol. The SMILES string of the molecule is CCCON1c2ccccc2CC1N1CCNCC1c1ccccc1. The fourth-order valence-corrected chi connectivity index (χ4v) is 4.00. The quantitative estimate of drug-likeness (QED) is 0.905. The summed E-state index contributed by atoms with van der Waals surface area (Å²) < 4.78 is 0. The van der Waals surface area contributed by atoms with Crippen molar-refractivity contribution in [2.45, 2.75) is 32.0 Å². The van der Waals surface area contributed by atoms with E-state index in [0.29, 0.717) is 6.04 Å². The van der Waals surface area contributed by atoms with Crippen LogP contribution in [0.5, 0.6) is 0 Å². The molecule has 2 aromatic rings. The van der Waals surface area contributed by atoms with Crippen LogP contribution in [-0.4, -0.2) is 37.3 Å². The molecule has 4 heteroatoms. The molecule has 0 aromatic heterocycles. The Balaban J connectivity index is 1.64. The summed E-state index contributed by atoms with van der Waals surface area (Å²) in [5, 5.41) is 5.73. The Labute approximate surface area is 150 Å². The number of hydrogen-bond acceptors (Lipinski definition) is 4. The lowest BCUT2D eigenvalue weighted by Gasteiger charge is -2.43. The molecule has 2 unspecified atom stereocenters. The van der Waals surface area contributed by atoms with Gasteiger partial charge < -0.3 is 5.32 Å². The van der Waals surface area contributed by atoms with Crippen LogP contribution in [-0.2, 0) is 11.3 Å². The topological polar surface area (TPSA) is 27.7 Å². The molecule has 2 aliphatic heterocycles. The summed E-state index contributed by atoms with van der Waals surface area (Å²) in [7, 11) is 0. The predicted molar refractivity (Wildman–Crippen MR) is 101 cm³/mol. The van der Waals surface area contributed by atoms with Gasteiger partial charge in [-0.1, -0.05) is 55.5 Å². The van der Waals surface area contributed by atoms with Crippen LogP contribution in [0.3, 0.4) is 0 Å². The van der Waals surface area contributed by atoms with Gasteiger partial charge in [0.2, 0.25) is 0 Å². The van der Waals surface area contributed by atoms with Gasteiger partial charge in [-0.25, -0.2) is 5.06 Å². The molecule has 0 spiro atoms. The van der Waals surface area contributed by atoms with Crippen LogP contribution in [0.2, 0.25) is 0 Å². The second-order valence-electron chi connectivity index (χ2n) is 6.84. The summed E-state index contributed by atoms with van der Waals surface area (Å²) >= 11 is 0. The molecule has 0 radical (unpaired) electrons. The van der Waals surface area contributed by atoms with Gasteiger partial charge in [0.05, 0.1) is 12.3 Å². The van der Waals surface area contributed by atoms with E-state index in [9.17, 15) is 0 Å². The summed E-state index contributed by atoms with van der Waals surface area (Å²) in [4.78, 5) is 8.81. The first kappa shape index (κ1) is 16.6. The van der Waals surface area contributed by atoms with Crippen molar-refractivity contribution in [2.75, 3.05) is 31.3 Å². The van der Waals surface area contributed by atoms with Crippen molar-refractivity contribution in [3.05, 3.63) is 65.7 Å². The van der Waals surface area contributed by atoms with Gasteiger partial charge in [-0.2, -0.15) is 0 Å². The smallest absolute Gasteiger partial charge is 0.113 e. The highest BCUT2D eigenvalue weighted by atomic mass is 16.7. The molecule has 0 bridgehead atoms. The first-order valence-corrected chi connectivity index (χ1v) is 9.40. The van der Waals surface area contributed by atoms with Crippen LogP contribution in [0.25, 0.3) is 0 Å². The van der Waals surface area contributed by atoms with Gasteiger partial charge in [-0.05, 0) is 23.6 Å². The fourth-order valence-electron chi connectivity index (χ4n) is 4.00. The summed E-state index contributed by atoms with van der Waals surface area (Å²) in [6, 6.07) is 19.9. The Morgan fingerprint density at radius 3 is 2.72 bits per heavy atom. The van der Waals surface area contributed by atoms with Gasteiger partial charge in [-0.15, -0.1) is 0 Å². The molecule has 0 saturated carbocycles. The van der Waals surface area contributed by atoms with Gasteiger partial charge >= 0.3 is 0 Å². The minimum atomic E-state index is 0.260. The van der Waals surface area contributed by atoms with E-state index < -0.39 is 0 Å². The van der Waals surface area contributed by atoms with E-state index in [1.54, 1.807) is 0 Å². The molecule has 2 heterocycles. The normalized spacial score (nSPS) is 23.6. The van der Waals surface area contributed by atoms with Crippen molar-refractivity contribution in [2.24, 2.45) is 0 Å². The monoisotopic (exact) mass is 337 g/mol. The number of benzene rings is 2. The first-order chi connectivity index (χ1) is 12.4. The molecule has 1 fully saturated rings. The molecule has 1 N–H and O–H groups in total. The molecule has 1 saturated heterocycles. The maximum absolute atomic E-state index is 6.20. The van der Waals surface area contributed by atoms with E-state index in [4.69, 9.17) is 4.84 Å². The molecular weight excluding hydrogens is 310 g/mol. The lowest BCUT2D eigenvalue weighted by Crippen LogP contribution is -2.55. The van der Waals surface area contributed by atoms with Crippen molar-refractivity contribution in [3.8, 4) is 0 Å². The number of fused-ring (bicyclic) bond motifs is 1. The third-order valence-electron chi connectivity index (χ3n) is 5.19. The molecule has 4 rings (SSSR count). The highest BCUT2D eigenvalue weighted by molar-refractivity contribution is 5.57. The first-order valence-electron chi connectivity index (χ1n) is 9.40. The zero-order valence-corrected chi connectivity index (χ0v) is 14.9. The minimum absolute atomic E-state index is 0.260. The summed E-state index contributed by atoms with van der Waals surface area (Å²) in [5.74, 6) is 0. The number of piperazine rings is 1. The van der Waals surface area contributed by atoms with Crippen LogP contribution in [0.1, 0.15) is 30.5 Å². The highest BCUT2D eigenvalue weighted by Crippen LogP contribution is 2.37. The Morgan fingerprint density at radius 1 is 1.08 bits per heavy atom. The van der Waals surface area contributed by atoms with Crippen LogP contribution in [0, 0.1) is 0 Å². The van der Waals surface area contributed by atoms with Crippen molar-refractivity contribution in [1.29, 1.82) is 0 Å². The number of para-hydroxylation sites is 1. The Morgan fingerprint density at radius 2 is 1.88 bits per heavy atom. The van der Waals surface area contributed by atoms with Crippen molar-refractivity contribution < 1.29 is 4.84 Å². The number of hydroxylamine groups is 1. The highest BCUT2D eigenvalue weighted by Gasteiger charge is 2.39. The zero-order chi connectivity index (χ0) is 17.1. The van der Waals surface area contributed by atoms with Crippen molar-refractivity contribution in [3.63, 3.8) is 0 Å². The maximum Gasteiger partial charge on any atom is 0.113 e. The molecule has 132 valence electrons. The largest absolute Gasteiger partial charge is 0.314 e. The molecule has 2 aliphatic rings. The van der Waals surface area contributed by atoms with Crippen LogP contribution in [0.15, 0.2) is 54.6 Å². The molecular formula is C21H27N3O. The molecule has 0 aliphatic carbocycles. The lowest BCUT2D eigenvalue weighted by molar-refractivity contribution is 0.0111. The standard InChI is InChI=1S/C21H27N3O/c1-2-14-25-24-19-11-7-6-10-18(19)15-21(24)23-13-12-22-16-20(23)17-8-4-3-5-9-17/h3-11,20-22H,2,12-16H2,1H3. The van der Waals surface area contributed by atoms with E-state index in [2.05, 4.69) is 76.8 Å². The second kappa shape index (κ2) is 7.56. The van der Waals surface area contributed by atoms with E-state index in [1.165, 1.54) is 16.8 Å². The Hall–Kier alpha value is -1.88. The number of nitrogens with zero attached hydrogens (tertiary/aromatic N) is 2. The van der Waals surface area contributed by atoms with Gasteiger partial charge in [0.15, 0.2) is 0 Å². The Kier molecular flexibility index (Phi) is 5.02. The summed E-state index contributed by atoms with van der Waals surface area (Å²) in [6.45, 7) is 5.96. The number of rotatable bonds is 5. The summed E-state index contributed by atoms with van der Waals surface area (Å²) in [5.41, 5.74) is 3.99. The second-order valence-corrected chi connectivity index (χ2v) is 6.84. The Bertz CT molecular complexity index is 691.